The van der Waals surface area contributed by atoms with Gasteiger partial charge < -0.3 is 4.74 Å². The summed E-state index contributed by atoms with van der Waals surface area (Å²) in [5.74, 6) is 0.0836. The molecule has 0 aromatic heterocycles. The van der Waals surface area contributed by atoms with Gasteiger partial charge in [0.25, 0.3) is 11.6 Å². The van der Waals surface area contributed by atoms with Gasteiger partial charge in [-0.05, 0) is 40.8 Å². The third-order valence-electron chi connectivity index (χ3n) is 2.74. The van der Waals surface area contributed by atoms with Gasteiger partial charge in [-0.3, -0.25) is 14.9 Å². The molecule has 0 aliphatic heterocycles. The van der Waals surface area contributed by atoms with Crippen LogP contribution in [0.1, 0.15) is 5.56 Å². The maximum absolute atomic E-state index is 11.7. The number of carbonyl (C=O) groups is 1. The van der Waals surface area contributed by atoms with Crippen molar-refractivity contribution in [2.24, 2.45) is 5.10 Å². The summed E-state index contributed by atoms with van der Waals surface area (Å²) in [4.78, 5) is 21.8. The van der Waals surface area contributed by atoms with E-state index in [1.807, 2.05) is 0 Å². The summed E-state index contributed by atoms with van der Waals surface area (Å²) in [6.45, 7) is -0.218. The molecule has 7 nitrogen and oxygen atoms in total. The monoisotopic (exact) mass is 459 g/mol. The van der Waals surface area contributed by atoms with Crippen molar-refractivity contribution < 1.29 is 14.5 Å². The Morgan fingerprint density at radius 1 is 1.38 bits per heavy atom. The van der Waals surface area contributed by atoms with Crippen molar-refractivity contribution in [1.29, 1.82) is 0 Å². The van der Waals surface area contributed by atoms with E-state index in [9.17, 15) is 14.9 Å². The highest BCUT2D eigenvalue weighted by Crippen LogP contribution is 2.24. The number of nitro groups is 1. The van der Waals surface area contributed by atoms with Crippen molar-refractivity contribution in [2.75, 3.05) is 6.61 Å². The number of rotatable bonds is 6. The zero-order valence-corrected chi connectivity index (χ0v) is 15.0. The Labute approximate surface area is 155 Å². The van der Waals surface area contributed by atoms with Gasteiger partial charge in [-0.2, -0.15) is 5.10 Å². The molecule has 0 heterocycles. The zero-order valence-electron chi connectivity index (χ0n) is 12.1. The molecule has 0 unspecified atom stereocenters. The Morgan fingerprint density at radius 2 is 2.17 bits per heavy atom. The van der Waals surface area contributed by atoms with E-state index in [0.717, 1.165) is 3.57 Å². The second-order valence-electron chi connectivity index (χ2n) is 4.51. The molecule has 0 bridgehead atoms. The highest BCUT2D eigenvalue weighted by Gasteiger charge is 2.06. The number of halogens is 2. The van der Waals surface area contributed by atoms with E-state index in [2.05, 4.69) is 33.1 Å². The van der Waals surface area contributed by atoms with Gasteiger partial charge in [0, 0.05) is 22.7 Å². The number of hydrazone groups is 1. The molecule has 0 atom stereocenters. The predicted octanol–water partition coefficient (Wildman–Crippen LogP) is 3.38. The molecule has 0 fully saturated rings. The molecule has 24 heavy (non-hydrogen) atoms. The van der Waals surface area contributed by atoms with E-state index in [4.69, 9.17) is 16.3 Å². The number of nitrogens with one attached hydrogen (secondary N) is 1. The molecule has 2 aromatic rings. The van der Waals surface area contributed by atoms with E-state index in [0.29, 0.717) is 16.3 Å². The van der Waals surface area contributed by atoms with Crippen molar-refractivity contribution in [2.45, 2.75) is 0 Å². The number of nitro benzene ring substituents is 1. The molecule has 9 heteroatoms. The van der Waals surface area contributed by atoms with E-state index in [-0.39, 0.29) is 12.3 Å². The van der Waals surface area contributed by atoms with E-state index >= 15 is 0 Å². The van der Waals surface area contributed by atoms with Crippen molar-refractivity contribution in [3.8, 4) is 5.75 Å². The Hall–Kier alpha value is -2.20. The van der Waals surface area contributed by atoms with Gasteiger partial charge in [0.1, 0.15) is 5.75 Å². The maximum atomic E-state index is 11.7. The second-order valence-corrected chi connectivity index (χ2v) is 6.11. The van der Waals surface area contributed by atoms with Crippen LogP contribution in [0.4, 0.5) is 5.69 Å². The molecule has 1 N–H and O–H groups in total. The fourth-order valence-corrected chi connectivity index (χ4v) is 2.69. The minimum atomic E-state index is -0.502. The quantitative estimate of drug-likeness (QED) is 0.310. The van der Waals surface area contributed by atoms with E-state index in [1.165, 1.54) is 24.4 Å². The van der Waals surface area contributed by atoms with Crippen LogP contribution >= 0.6 is 34.2 Å². The summed E-state index contributed by atoms with van der Waals surface area (Å²) in [7, 11) is 0. The number of non-ortho nitro benzene ring substituents is 1. The first kappa shape index (κ1) is 18.1. The van der Waals surface area contributed by atoms with Crippen molar-refractivity contribution in [3.63, 3.8) is 0 Å². The molecule has 0 spiro atoms. The SMILES string of the molecule is O=C(COc1ccc(Cl)cc1I)N/N=C\c1cccc([N+](=O)[O-])c1. The molecular weight excluding hydrogens is 449 g/mol. The largest absolute Gasteiger partial charge is 0.483 e. The molecule has 2 aromatic carbocycles. The fourth-order valence-electron chi connectivity index (χ4n) is 1.67. The summed E-state index contributed by atoms with van der Waals surface area (Å²) < 4.78 is 6.15. The summed E-state index contributed by atoms with van der Waals surface area (Å²) in [6.07, 6.45) is 1.32. The maximum Gasteiger partial charge on any atom is 0.277 e. The topological polar surface area (TPSA) is 93.8 Å². The molecule has 0 saturated carbocycles. The van der Waals surface area contributed by atoms with Crippen LogP contribution in [0.25, 0.3) is 0 Å². The van der Waals surface area contributed by atoms with E-state index in [1.54, 1.807) is 24.3 Å². The first-order valence-electron chi connectivity index (χ1n) is 6.60. The Balaban J connectivity index is 1.86. The summed E-state index contributed by atoms with van der Waals surface area (Å²) in [5.41, 5.74) is 2.74. The highest BCUT2D eigenvalue weighted by molar-refractivity contribution is 14.1. The van der Waals surface area contributed by atoms with Crippen LogP contribution in [0.3, 0.4) is 0 Å². The second kappa shape index (κ2) is 8.60. The lowest BCUT2D eigenvalue weighted by Crippen LogP contribution is -2.24. The minimum Gasteiger partial charge on any atom is -0.483 e. The van der Waals surface area contributed by atoms with Crippen LogP contribution in [0.5, 0.6) is 5.75 Å². The first-order valence-corrected chi connectivity index (χ1v) is 8.05. The standard InChI is InChI=1S/C15H11ClIN3O4/c16-11-4-5-14(13(17)7-11)24-9-15(21)19-18-8-10-2-1-3-12(6-10)20(22)23/h1-8H,9H2,(H,19,21)/b18-8-. The number of benzene rings is 2. The van der Waals surface area contributed by atoms with Gasteiger partial charge in [0.15, 0.2) is 6.61 Å². The molecule has 2 rings (SSSR count). The Bertz CT molecular complexity index is 798. The minimum absolute atomic E-state index is 0.0501. The summed E-state index contributed by atoms with van der Waals surface area (Å²) in [5, 5.41) is 15.0. The zero-order chi connectivity index (χ0) is 17.5. The first-order chi connectivity index (χ1) is 11.5. The van der Waals surface area contributed by atoms with Crippen LogP contribution < -0.4 is 10.2 Å². The number of hydrogen-bond acceptors (Lipinski definition) is 5. The molecule has 0 radical (unpaired) electrons. The van der Waals surface area contributed by atoms with Crippen LogP contribution in [0, 0.1) is 13.7 Å². The average Bonchev–Trinajstić information content (AvgIpc) is 2.54. The predicted molar refractivity (Wildman–Crippen MR) is 98.5 cm³/mol. The Kier molecular flexibility index (Phi) is 6.50. The van der Waals surface area contributed by atoms with Gasteiger partial charge in [0.2, 0.25) is 0 Å². The van der Waals surface area contributed by atoms with Crippen LogP contribution in [-0.2, 0) is 4.79 Å². The molecule has 124 valence electrons. The highest BCUT2D eigenvalue weighted by atomic mass is 127. The van der Waals surface area contributed by atoms with Crippen molar-refractivity contribution in [1.82, 2.24) is 5.43 Å². The number of amides is 1. The van der Waals surface area contributed by atoms with Crippen LogP contribution in [-0.4, -0.2) is 23.7 Å². The van der Waals surface area contributed by atoms with Gasteiger partial charge in [-0.25, -0.2) is 5.43 Å². The molecule has 0 saturated heterocycles. The number of carbonyl (C=O) groups excluding carboxylic acids is 1. The van der Waals surface area contributed by atoms with Gasteiger partial charge in [0.05, 0.1) is 14.7 Å². The molecule has 0 aliphatic rings. The van der Waals surface area contributed by atoms with Gasteiger partial charge in [-0.1, -0.05) is 23.7 Å². The lowest BCUT2D eigenvalue weighted by atomic mass is 10.2. The molecule has 0 aliphatic carbocycles. The number of nitrogens with zero attached hydrogens (tertiary/aromatic N) is 2. The van der Waals surface area contributed by atoms with Crippen molar-refractivity contribution in [3.05, 3.63) is 66.7 Å². The van der Waals surface area contributed by atoms with E-state index < -0.39 is 10.8 Å². The normalized spacial score (nSPS) is 10.6. The molecule has 1 amide bonds. The number of ether oxygens (including phenoxy) is 1. The molecular formula is C15H11ClIN3O4. The van der Waals surface area contributed by atoms with Crippen LogP contribution in [0.2, 0.25) is 5.02 Å². The van der Waals surface area contributed by atoms with Crippen molar-refractivity contribution >= 4 is 52.0 Å². The fraction of sp³-hybridized carbons (Fsp3) is 0.0667. The lowest BCUT2D eigenvalue weighted by Gasteiger charge is -2.07. The lowest BCUT2D eigenvalue weighted by molar-refractivity contribution is -0.384. The summed E-state index contributed by atoms with van der Waals surface area (Å²) in [6, 6.07) is 10.9. The average molecular weight is 460 g/mol. The van der Waals surface area contributed by atoms with Gasteiger partial charge >= 0.3 is 0 Å². The third kappa shape index (κ3) is 5.46. The number of hydrogen-bond donors (Lipinski definition) is 1. The third-order valence-corrected chi connectivity index (χ3v) is 3.81. The van der Waals surface area contributed by atoms with Gasteiger partial charge in [-0.15, -0.1) is 0 Å². The smallest absolute Gasteiger partial charge is 0.277 e. The Morgan fingerprint density at radius 3 is 2.88 bits per heavy atom. The summed E-state index contributed by atoms with van der Waals surface area (Å²) >= 11 is 7.89. The van der Waals surface area contributed by atoms with Crippen LogP contribution in [0.15, 0.2) is 47.6 Å².